The van der Waals surface area contributed by atoms with E-state index in [2.05, 4.69) is 30.8 Å². The van der Waals surface area contributed by atoms with Crippen LogP contribution in [-0.2, 0) is 33.0 Å². The van der Waals surface area contributed by atoms with Crippen molar-refractivity contribution in [3.8, 4) is 5.88 Å². The van der Waals surface area contributed by atoms with Crippen molar-refractivity contribution in [2.24, 2.45) is 0 Å². The topological polar surface area (TPSA) is 90.7 Å². The van der Waals surface area contributed by atoms with Gasteiger partial charge in [-0.25, -0.2) is 9.97 Å². The molecule has 2 aromatic rings. The number of carbonyl (C=O) groups excluding carboxylic acids is 1. The molecule has 0 saturated carbocycles. The number of rotatable bonds is 6. The fourth-order valence-corrected chi connectivity index (χ4v) is 5.05. The highest BCUT2D eigenvalue weighted by molar-refractivity contribution is 5.81. The molecule has 172 valence electrons. The average molecular weight is 442 g/mol. The Kier molecular flexibility index (Phi) is 6.12. The van der Waals surface area contributed by atoms with Gasteiger partial charge >= 0.3 is 0 Å². The quantitative estimate of drug-likeness (QED) is 0.726. The van der Waals surface area contributed by atoms with Crippen LogP contribution >= 0.6 is 0 Å². The number of nitrogens with one attached hydrogen (secondary N) is 1. The zero-order valence-corrected chi connectivity index (χ0v) is 18.5. The summed E-state index contributed by atoms with van der Waals surface area (Å²) in [5.74, 6) is 1.53. The third-order valence-corrected chi connectivity index (χ3v) is 6.77. The van der Waals surface area contributed by atoms with Gasteiger partial charge in [-0.3, -0.25) is 9.69 Å². The van der Waals surface area contributed by atoms with Gasteiger partial charge in [0.2, 0.25) is 5.88 Å². The minimum absolute atomic E-state index is 0.0678. The first-order valence-corrected chi connectivity index (χ1v) is 11.5. The minimum atomic E-state index is -0.539. The van der Waals surface area contributed by atoms with Crippen LogP contribution < -0.4 is 10.1 Å². The fraction of sp³-hybridized carbons (Fsp3) is 0.609. The van der Waals surface area contributed by atoms with E-state index in [0.717, 1.165) is 63.3 Å². The Morgan fingerprint density at radius 1 is 1.31 bits per heavy atom. The van der Waals surface area contributed by atoms with Crippen molar-refractivity contribution in [2.45, 2.75) is 56.6 Å². The molecule has 0 unspecified atom stereocenters. The van der Waals surface area contributed by atoms with Crippen LogP contribution in [0.3, 0.4) is 0 Å². The van der Waals surface area contributed by atoms with Crippen LogP contribution in [0.15, 0.2) is 30.7 Å². The number of methoxy groups -OCH3 is 1. The molecule has 9 heteroatoms. The maximum Gasteiger partial charge on any atom is 0.251 e. The molecule has 2 fully saturated rings. The second kappa shape index (κ2) is 9.17. The number of aromatic nitrogens is 3. The highest BCUT2D eigenvalue weighted by Gasteiger charge is 2.47. The Labute approximate surface area is 188 Å². The van der Waals surface area contributed by atoms with Crippen molar-refractivity contribution in [1.29, 1.82) is 0 Å². The zero-order valence-electron chi connectivity index (χ0n) is 18.5. The summed E-state index contributed by atoms with van der Waals surface area (Å²) in [7, 11) is 1.65. The van der Waals surface area contributed by atoms with Gasteiger partial charge in [-0.05, 0) is 31.7 Å². The number of carbonyl (C=O) groups is 1. The molecular weight excluding hydrogens is 410 g/mol. The second-order valence-corrected chi connectivity index (χ2v) is 8.83. The summed E-state index contributed by atoms with van der Waals surface area (Å²) in [6.45, 7) is 4.27. The SMILES string of the molecule is COc1ncccc1CN1CCC2(CC1)O[C@H](C(=O)NC[C@H]1CCCO1)Cn1ccnc12. The lowest BCUT2D eigenvalue weighted by molar-refractivity contribution is -0.174. The van der Waals surface area contributed by atoms with Crippen LogP contribution in [0.1, 0.15) is 37.1 Å². The largest absolute Gasteiger partial charge is 0.481 e. The number of nitrogens with zero attached hydrogens (tertiary/aromatic N) is 4. The lowest BCUT2D eigenvalue weighted by atomic mass is 9.88. The van der Waals surface area contributed by atoms with Crippen LogP contribution in [-0.4, -0.2) is 70.9 Å². The molecule has 1 spiro atoms. The van der Waals surface area contributed by atoms with Gasteiger partial charge in [0, 0.05) is 56.9 Å². The number of piperidine rings is 1. The van der Waals surface area contributed by atoms with E-state index in [0.29, 0.717) is 19.0 Å². The number of amides is 1. The molecule has 0 aromatic carbocycles. The maximum atomic E-state index is 12.9. The number of likely N-dealkylation sites (tertiary alicyclic amines) is 1. The van der Waals surface area contributed by atoms with Crippen LogP contribution in [0.4, 0.5) is 0 Å². The Balaban J connectivity index is 1.25. The summed E-state index contributed by atoms with van der Waals surface area (Å²) in [5, 5.41) is 3.04. The molecule has 2 aromatic heterocycles. The summed E-state index contributed by atoms with van der Waals surface area (Å²) < 4.78 is 19.6. The summed E-state index contributed by atoms with van der Waals surface area (Å²) in [5.41, 5.74) is 0.534. The molecule has 3 aliphatic heterocycles. The highest BCUT2D eigenvalue weighted by atomic mass is 16.5. The summed E-state index contributed by atoms with van der Waals surface area (Å²) in [6, 6.07) is 3.98. The first kappa shape index (κ1) is 21.4. The molecule has 1 N–H and O–H groups in total. The van der Waals surface area contributed by atoms with E-state index in [4.69, 9.17) is 14.2 Å². The number of fused-ring (bicyclic) bond motifs is 2. The van der Waals surface area contributed by atoms with Crippen molar-refractivity contribution in [2.75, 3.05) is 33.4 Å². The molecule has 0 bridgehead atoms. The van der Waals surface area contributed by atoms with E-state index < -0.39 is 11.7 Å². The average Bonchev–Trinajstić information content (AvgIpc) is 3.52. The van der Waals surface area contributed by atoms with Crippen molar-refractivity contribution in [3.63, 3.8) is 0 Å². The van der Waals surface area contributed by atoms with Crippen molar-refractivity contribution >= 4 is 5.91 Å². The summed E-state index contributed by atoms with van der Waals surface area (Å²) in [4.78, 5) is 24.2. The van der Waals surface area contributed by atoms with Crippen LogP contribution in [0.2, 0.25) is 0 Å². The molecular formula is C23H31N5O4. The van der Waals surface area contributed by atoms with E-state index >= 15 is 0 Å². The standard InChI is InChI=1S/C23H31N5O4/c1-30-21-17(4-2-8-24-21)15-27-10-6-23(7-11-27)22-25-9-12-28(22)16-19(32-23)20(29)26-14-18-5-3-13-31-18/h2,4,8-9,12,18-19H,3,5-7,10-11,13-16H2,1H3,(H,26,29)/t18-,19+/m1/s1. The minimum Gasteiger partial charge on any atom is -0.481 e. The third-order valence-electron chi connectivity index (χ3n) is 6.77. The number of imidazole rings is 1. The van der Waals surface area contributed by atoms with Gasteiger partial charge in [0.05, 0.1) is 19.8 Å². The van der Waals surface area contributed by atoms with Gasteiger partial charge in [0.1, 0.15) is 11.4 Å². The lowest BCUT2D eigenvalue weighted by Crippen LogP contribution is -2.54. The number of pyridine rings is 1. The van der Waals surface area contributed by atoms with E-state index in [-0.39, 0.29) is 12.0 Å². The summed E-state index contributed by atoms with van der Waals surface area (Å²) in [6.07, 6.45) is 8.71. The fourth-order valence-electron chi connectivity index (χ4n) is 5.05. The van der Waals surface area contributed by atoms with Gasteiger partial charge < -0.3 is 24.1 Å². The van der Waals surface area contributed by atoms with Crippen molar-refractivity contribution in [1.82, 2.24) is 24.8 Å². The molecule has 2 saturated heterocycles. The highest BCUT2D eigenvalue weighted by Crippen LogP contribution is 2.40. The van der Waals surface area contributed by atoms with E-state index in [1.165, 1.54) is 0 Å². The molecule has 0 aliphatic carbocycles. The Morgan fingerprint density at radius 2 is 2.19 bits per heavy atom. The molecule has 3 aliphatic rings. The van der Waals surface area contributed by atoms with Gasteiger partial charge in [-0.15, -0.1) is 0 Å². The predicted octanol–water partition coefficient (Wildman–Crippen LogP) is 1.47. The number of hydrogen-bond donors (Lipinski definition) is 1. The van der Waals surface area contributed by atoms with E-state index in [1.54, 1.807) is 19.5 Å². The van der Waals surface area contributed by atoms with Crippen molar-refractivity contribution < 1.29 is 19.0 Å². The Morgan fingerprint density at radius 3 is 2.97 bits per heavy atom. The predicted molar refractivity (Wildman–Crippen MR) is 116 cm³/mol. The van der Waals surface area contributed by atoms with Gasteiger partial charge in [0.25, 0.3) is 5.91 Å². The molecule has 5 heterocycles. The molecule has 2 atom stereocenters. The molecule has 1 amide bonds. The van der Waals surface area contributed by atoms with Gasteiger partial charge in [0.15, 0.2) is 6.10 Å². The van der Waals surface area contributed by atoms with E-state index in [1.807, 2.05) is 12.3 Å². The smallest absolute Gasteiger partial charge is 0.251 e. The lowest BCUT2D eigenvalue weighted by Gasteiger charge is -2.45. The van der Waals surface area contributed by atoms with Crippen LogP contribution in [0.5, 0.6) is 5.88 Å². The van der Waals surface area contributed by atoms with E-state index in [9.17, 15) is 4.79 Å². The molecule has 5 rings (SSSR count). The maximum absolute atomic E-state index is 12.9. The monoisotopic (exact) mass is 441 g/mol. The molecule has 32 heavy (non-hydrogen) atoms. The molecule has 0 radical (unpaired) electrons. The first-order chi connectivity index (χ1) is 15.7. The van der Waals surface area contributed by atoms with Crippen LogP contribution in [0, 0.1) is 0 Å². The Bertz CT molecular complexity index is 934. The van der Waals surface area contributed by atoms with Crippen molar-refractivity contribution in [3.05, 3.63) is 42.1 Å². The van der Waals surface area contributed by atoms with Gasteiger partial charge in [-0.1, -0.05) is 6.07 Å². The number of hydrogen-bond acceptors (Lipinski definition) is 7. The molecule has 9 nitrogen and oxygen atoms in total. The number of ether oxygens (including phenoxy) is 3. The third kappa shape index (κ3) is 4.24. The van der Waals surface area contributed by atoms with Crippen LogP contribution in [0.25, 0.3) is 0 Å². The summed E-state index contributed by atoms with van der Waals surface area (Å²) >= 11 is 0. The Hall–Kier alpha value is -2.49. The second-order valence-electron chi connectivity index (χ2n) is 8.83. The van der Waals surface area contributed by atoms with Gasteiger partial charge in [-0.2, -0.15) is 0 Å². The normalized spacial score (nSPS) is 24.9. The zero-order chi connectivity index (χ0) is 22.0. The first-order valence-electron chi connectivity index (χ1n) is 11.5.